The van der Waals surface area contributed by atoms with Crippen molar-refractivity contribution in [3.63, 3.8) is 0 Å². The first kappa shape index (κ1) is 37.5. The lowest BCUT2D eigenvalue weighted by Gasteiger charge is -2.24. The Kier molecular flexibility index (Phi) is 11.1. The molecule has 0 fully saturated rings. The monoisotopic (exact) mass is 768 g/mol. The van der Waals surface area contributed by atoms with Gasteiger partial charge >= 0.3 is 12.2 Å². The first-order chi connectivity index (χ1) is 28.4. The van der Waals surface area contributed by atoms with E-state index in [-0.39, 0.29) is 25.0 Å². The summed E-state index contributed by atoms with van der Waals surface area (Å²) < 4.78 is 11.3. The number of carbonyl (C=O) groups is 4. The summed E-state index contributed by atoms with van der Waals surface area (Å²) in [6.07, 6.45) is 3.50. The van der Waals surface area contributed by atoms with Crippen molar-refractivity contribution >= 4 is 58.9 Å². The Morgan fingerprint density at radius 2 is 0.845 bits per heavy atom. The van der Waals surface area contributed by atoms with Crippen LogP contribution in [0.25, 0.3) is 12.2 Å². The summed E-state index contributed by atoms with van der Waals surface area (Å²) in [5, 5.41) is 5.94. The Morgan fingerprint density at radius 3 is 1.24 bits per heavy atom. The molecular weight excluding hydrogens is 729 g/mol. The van der Waals surface area contributed by atoms with Crippen molar-refractivity contribution in [2.75, 3.05) is 20.4 Å². The minimum atomic E-state index is -0.761. The van der Waals surface area contributed by atoms with Crippen molar-refractivity contribution < 1.29 is 28.7 Å². The molecule has 2 heterocycles. The normalized spacial score (nSPS) is 15.4. The fraction of sp³-hybridized carbons (Fsp3) is 0.125. The molecule has 6 aromatic rings. The Bertz CT molecular complexity index is 2280. The summed E-state index contributed by atoms with van der Waals surface area (Å²) in [6.45, 7) is 0.208. The van der Waals surface area contributed by atoms with Gasteiger partial charge in [0.1, 0.15) is 25.3 Å². The van der Waals surface area contributed by atoms with E-state index >= 15 is 0 Å². The molecular formula is C48H40N4O6. The van der Waals surface area contributed by atoms with Gasteiger partial charge in [0.05, 0.1) is 11.4 Å². The second kappa shape index (κ2) is 17.1. The van der Waals surface area contributed by atoms with Gasteiger partial charge in [0.2, 0.25) is 11.8 Å². The van der Waals surface area contributed by atoms with Crippen LogP contribution in [0.15, 0.2) is 158 Å². The van der Waals surface area contributed by atoms with Crippen LogP contribution >= 0.6 is 0 Å². The number of rotatable bonds is 10. The Labute approximate surface area is 336 Å². The van der Waals surface area contributed by atoms with Crippen LogP contribution in [-0.2, 0) is 45.1 Å². The van der Waals surface area contributed by atoms with Crippen molar-refractivity contribution in [1.82, 2.24) is 0 Å². The van der Waals surface area contributed by atoms with Gasteiger partial charge in [0.15, 0.2) is 0 Å². The molecule has 0 bridgehead atoms. The zero-order valence-corrected chi connectivity index (χ0v) is 31.5. The van der Waals surface area contributed by atoms with Gasteiger partial charge in [-0.3, -0.25) is 19.4 Å². The molecule has 10 heteroatoms. The van der Waals surface area contributed by atoms with Crippen LogP contribution in [0, 0.1) is 0 Å². The molecule has 2 aliphatic rings. The fourth-order valence-corrected chi connectivity index (χ4v) is 7.22. The standard InChI is InChI=1S/C48H40N4O6/c53-45(43-29-37-15-7-9-17-41(37)51(43)47(55)57-31-35-11-3-1-4-12-35)49-39-25-21-33(22-26-39)19-20-34-23-27-40(28-24-34)50-46(54)44-30-38-16-8-10-18-42(38)52(44)48(56)58-32-36-13-5-2-6-14-36/h1-28,43-44H,29-32H2,(H,49,53)(H,50,54)/b20-19+/t43-,44-/m0/s1. The maximum Gasteiger partial charge on any atom is 0.415 e. The first-order valence-electron chi connectivity index (χ1n) is 19.1. The lowest BCUT2D eigenvalue weighted by atomic mass is 10.1. The minimum Gasteiger partial charge on any atom is -0.444 e. The van der Waals surface area contributed by atoms with E-state index in [4.69, 9.17) is 9.47 Å². The highest BCUT2D eigenvalue weighted by molar-refractivity contribution is 6.06. The second-order valence-electron chi connectivity index (χ2n) is 14.1. The summed E-state index contributed by atoms with van der Waals surface area (Å²) in [5.74, 6) is -0.618. The third-order valence-corrected chi connectivity index (χ3v) is 10.2. The molecule has 0 saturated carbocycles. The topological polar surface area (TPSA) is 117 Å². The average molecular weight is 769 g/mol. The quantitative estimate of drug-likeness (QED) is 0.134. The van der Waals surface area contributed by atoms with Crippen molar-refractivity contribution in [1.29, 1.82) is 0 Å². The lowest BCUT2D eigenvalue weighted by molar-refractivity contribution is -0.118. The highest BCUT2D eigenvalue weighted by Crippen LogP contribution is 2.35. The van der Waals surface area contributed by atoms with Gasteiger partial charge in [-0.1, -0.05) is 133 Å². The molecule has 0 saturated heterocycles. The van der Waals surface area contributed by atoms with E-state index in [0.717, 1.165) is 33.4 Å². The van der Waals surface area contributed by atoms with Crippen molar-refractivity contribution in [2.45, 2.75) is 38.1 Å². The zero-order valence-electron chi connectivity index (χ0n) is 31.5. The summed E-state index contributed by atoms with van der Waals surface area (Å²) in [6, 6.07) is 47.1. The molecule has 0 aromatic heterocycles. The lowest BCUT2D eigenvalue weighted by Crippen LogP contribution is -2.45. The molecule has 0 spiro atoms. The second-order valence-corrected chi connectivity index (χ2v) is 14.1. The molecule has 58 heavy (non-hydrogen) atoms. The van der Waals surface area contributed by atoms with E-state index in [1.54, 1.807) is 0 Å². The Hall–Kier alpha value is -7.46. The number of nitrogens with one attached hydrogen (secondary N) is 2. The number of anilines is 4. The van der Waals surface area contributed by atoms with Gasteiger partial charge in [-0.05, 0) is 69.8 Å². The van der Waals surface area contributed by atoms with Crippen LogP contribution in [0.3, 0.4) is 0 Å². The third kappa shape index (κ3) is 8.51. The van der Waals surface area contributed by atoms with E-state index in [2.05, 4.69) is 10.6 Å². The Morgan fingerprint density at radius 1 is 0.483 bits per heavy atom. The SMILES string of the molecule is O=C(Nc1ccc(/C=C/c2ccc(NC(=O)[C@@H]3Cc4ccccc4N3C(=O)OCc3ccccc3)cc2)cc1)[C@@H]1Cc2ccccc2N1C(=O)OCc1ccccc1. The van der Waals surface area contributed by atoms with Crippen molar-refractivity contribution in [2.24, 2.45) is 0 Å². The molecule has 2 aliphatic heterocycles. The number of carbonyl (C=O) groups excluding carboxylic acids is 4. The zero-order chi connectivity index (χ0) is 39.8. The largest absolute Gasteiger partial charge is 0.444 e. The highest BCUT2D eigenvalue weighted by Gasteiger charge is 2.40. The molecule has 4 amide bonds. The van der Waals surface area contributed by atoms with Crippen molar-refractivity contribution in [3.05, 3.63) is 191 Å². The summed E-state index contributed by atoms with van der Waals surface area (Å²) >= 11 is 0. The number of ether oxygens (including phenoxy) is 2. The molecule has 10 nitrogen and oxygen atoms in total. The van der Waals surface area contributed by atoms with Gasteiger partial charge < -0.3 is 20.1 Å². The van der Waals surface area contributed by atoms with E-state index in [0.29, 0.717) is 35.6 Å². The predicted molar refractivity (Wildman–Crippen MR) is 225 cm³/mol. The van der Waals surface area contributed by atoms with Crippen LogP contribution in [0.2, 0.25) is 0 Å². The van der Waals surface area contributed by atoms with Gasteiger partial charge in [0, 0.05) is 24.2 Å². The Balaban J connectivity index is 0.863. The van der Waals surface area contributed by atoms with Gasteiger partial charge in [-0.2, -0.15) is 0 Å². The van der Waals surface area contributed by atoms with Crippen molar-refractivity contribution in [3.8, 4) is 0 Å². The number of benzene rings is 6. The maximum absolute atomic E-state index is 13.6. The van der Waals surface area contributed by atoms with Crippen LogP contribution < -0.4 is 20.4 Å². The highest BCUT2D eigenvalue weighted by atomic mass is 16.6. The summed E-state index contributed by atoms with van der Waals surface area (Å²) in [4.78, 5) is 56.7. The minimum absolute atomic E-state index is 0.104. The molecule has 0 aliphatic carbocycles. The number of amides is 4. The molecule has 288 valence electrons. The smallest absolute Gasteiger partial charge is 0.415 e. The third-order valence-electron chi connectivity index (χ3n) is 10.2. The average Bonchev–Trinajstić information content (AvgIpc) is 3.86. The van der Waals surface area contributed by atoms with E-state index in [1.165, 1.54) is 9.80 Å². The molecule has 6 aromatic carbocycles. The van der Waals surface area contributed by atoms with Crippen LogP contribution in [0.5, 0.6) is 0 Å². The first-order valence-corrected chi connectivity index (χ1v) is 19.1. The van der Waals surface area contributed by atoms with Crippen LogP contribution in [-0.4, -0.2) is 36.1 Å². The fourth-order valence-electron chi connectivity index (χ4n) is 7.22. The number of nitrogens with zero attached hydrogens (tertiary/aromatic N) is 2. The van der Waals surface area contributed by atoms with E-state index in [9.17, 15) is 19.2 Å². The molecule has 8 rings (SSSR count). The maximum atomic E-state index is 13.6. The summed E-state index contributed by atoms with van der Waals surface area (Å²) in [7, 11) is 0. The molecule has 0 radical (unpaired) electrons. The molecule has 2 atom stereocenters. The van der Waals surface area contributed by atoms with Crippen LogP contribution in [0.4, 0.5) is 32.3 Å². The number of para-hydroxylation sites is 2. The van der Waals surface area contributed by atoms with E-state index in [1.807, 2.05) is 170 Å². The van der Waals surface area contributed by atoms with Gasteiger partial charge in [-0.15, -0.1) is 0 Å². The number of fused-ring (bicyclic) bond motifs is 2. The molecule has 0 unspecified atom stereocenters. The number of hydrogen-bond acceptors (Lipinski definition) is 6. The van der Waals surface area contributed by atoms with Gasteiger partial charge in [0.25, 0.3) is 0 Å². The van der Waals surface area contributed by atoms with Crippen LogP contribution in [0.1, 0.15) is 33.4 Å². The number of hydrogen-bond donors (Lipinski definition) is 2. The predicted octanol–water partition coefficient (Wildman–Crippen LogP) is 9.27. The van der Waals surface area contributed by atoms with E-state index < -0.39 is 24.3 Å². The summed E-state index contributed by atoms with van der Waals surface area (Å²) in [5.41, 5.74) is 7.88. The van der Waals surface area contributed by atoms with Gasteiger partial charge in [-0.25, -0.2) is 9.59 Å². The molecule has 2 N–H and O–H groups in total.